The maximum absolute atomic E-state index is 4.36. The first-order chi connectivity index (χ1) is 8.72. The van der Waals surface area contributed by atoms with Crippen LogP contribution in [0.15, 0.2) is 47.1 Å². The molecule has 0 amide bonds. The molecule has 94 valence electrons. The fourth-order valence-corrected chi connectivity index (χ4v) is 2.63. The van der Waals surface area contributed by atoms with E-state index < -0.39 is 0 Å². The van der Waals surface area contributed by atoms with Gasteiger partial charge in [0.15, 0.2) is 0 Å². The highest BCUT2D eigenvalue weighted by Gasteiger charge is 2.08. The van der Waals surface area contributed by atoms with Crippen LogP contribution >= 0.6 is 15.9 Å². The third-order valence-electron chi connectivity index (χ3n) is 2.91. The standard InChI is InChI=1S/C15H17BrN2/c1-3-6-12-8-9-14(13(16)11-12)18(2)15-7-4-5-10-17-15/h4-5,7-11H,3,6H2,1-2H3. The Balaban J connectivity index is 2.28. The lowest BCUT2D eigenvalue weighted by atomic mass is 10.1. The zero-order valence-corrected chi connectivity index (χ0v) is 12.3. The van der Waals surface area contributed by atoms with Crippen molar-refractivity contribution < 1.29 is 0 Å². The van der Waals surface area contributed by atoms with E-state index >= 15 is 0 Å². The van der Waals surface area contributed by atoms with E-state index in [9.17, 15) is 0 Å². The molecule has 0 radical (unpaired) electrons. The van der Waals surface area contributed by atoms with Crippen LogP contribution in [0.3, 0.4) is 0 Å². The number of anilines is 2. The molecule has 1 aromatic heterocycles. The summed E-state index contributed by atoms with van der Waals surface area (Å²) in [5.41, 5.74) is 2.50. The Morgan fingerprint density at radius 2 is 2.06 bits per heavy atom. The number of hydrogen-bond acceptors (Lipinski definition) is 2. The van der Waals surface area contributed by atoms with Gasteiger partial charge in [-0.25, -0.2) is 4.98 Å². The van der Waals surface area contributed by atoms with Crippen LogP contribution in [-0.2, 0) is 6.42 Å². The molecule has 0 unspecified atom stereocenters. The van der Waals surface area contributed by atoms with E-state index in [0.717, 1.165) is 22.4 Å². The average Bonchev–Trinajstić information content (AvgIpc) is 2.40. The number of rotatable bonds is 4. The summed E-state index contributed by atoms with van der Waals surface area (Å²) in [6.45, 7) is 2.20. The quantitative estimate of drug-likeness (QED) is 0.823. The molecule has 0 bridgehead atoms. The van der Waals surface area contributed by atoms with Gasteiger partial charge in [0.05, 0.1) is 5.69 Å². The Kier molecular flexibility index (Phi) is 4.37. The fraction of sp³-hybridized carbons (Fsp3) is 0.267. The van der Waals surface area contributed by atoms with Gasteiger partial charge in [-0.1, -0.05) is 25.5 Å². The second-order valence-electron chi connectivity index (χ2n) is 4.28. The summed E-state index contributed by atoms with van der Waals surface area (Å²) in [5, 5.41) is 0. The molecular weight excluding hydrogens is 288 g/mol. The van der Waals surface area contributed by atoms with E-state index in [1.807, 2.05) is 31.4 Å². The smallest absolute Gasteiger partial charge is 0.132 e. The number of hydrogen-bond donors (Lipinski definition) is 0. The summed E-state index contributed by atoms with van der Waals surface area (Å²) in [6, 6.07) is 12.5. The topological polar surface area (TPSA) is 16.1 Å². The van der Waals surface area contributed by atoms with Crippen molar-refractivity contribution in [3.8, 4) is 0 Å². The van der Waals surface area contributed by atoms with Crippen LogP contribution in [0.2, 0.25) is 0 Å². The van der Waals surface area contributed by atoms with Gasteiger partial charge in [-0.2, -0.15) is 0 Å². The van der Waals surface area contributed by atoms with Crippen molar-refractivity contribution in [2.24, 2.45) is 0 Å². The molecule has 0 aliphatic rings. The van der Waals surface area contributed by atoms with Crippen molar-refractivity contribution in [2.45, 2.75) is 19.8 Å². The monoisotopic (exact) mass is 304 g/mol. The summed E-state index contributed by atoms with van der Waals surface area (Å²) in [4.78, 5) is 6.44. The number of nitrogens with zero attached hydrogens (tertiary/aromatic N) is 2. The number of pyridine rings is 1. The normalized spacial score (nSPS) is 10.4. The lowest BCUT2D eigenvalue weighted by molar-refractivity contribution is 0.920. The summed E-state index contributed by atoms with van der Waals surface area (Å²) in [7, 11) is 2.03. The number of benzene rings is 1. The predicted molar refractivity (Wildman–Crippen MR) is 80.4 cm³/mol. The van der Waals surface area contributed by atoms with Crippen LogP contribution in [0.5, 0.6) is 0 Å². The van der Waals surface area contributed by atoms with Crippen LogP contribution in [0.25, 0.3) is 0 Å². The van der Waals surface area contributed by atoms with Crippen LogP contribution < -0.4 is 4.90 Å². The molecule has 0 N–H and O–H groups in total. The zero-order chi connectivity index (χ0) is 13.0. The summed E-state index contributed by atoms with van der Waals surface area (Å²) < 4.78 is 1.11. The zero-order valence-electron chi connectivity index (χ0n) is 10.7. The Hall–Kier alpha value is -1.35. The van der Waals surface area contributed by atoms with E-state index in [4.69, 9.17) is 0 Å². The molecule has 1 heterocycles. The van der Waals surface area contributed by atoms with Crippen molar-refractivity contribution in [1.29, 1.82) is 0 Å². The fourth-order valence-electron chi connectivity index (χ4n) is 1.94. The van der Waals surface area contributed by atoms with Gasteiger partial charge in [-0.05, 0) is 52.2 Å². The Bertz CT molecular complexity index is 511. The lowest BCUT2D eigenvalue weighted by Gasteiger charge is -2.20. The highest BCUT2D eigenvalue weighted by molar-refractivity contribution is 9.10. The molecule has 0 fully saturated rings. The largest absolute Gasteiger partial charge is 0.328 e. The molecule has 18 heavy (non-hydrogen) atoms. The molecule has 0 atom stereocenters. The van der Waals surface area contributed by atoms with Crippen LogP contribution in [0.4, 0.5) is 11.5 Å². The van der Waals surface area contributed by atoms with Gasteiger partial charge in [-0.15, -0.1) is 0 Å². The van der Waals surface area contributed by atoms with Crippen molar-refractivity contribution in [2.75, 3.05) is 11.9 Å². The highest BCUT2D eigenvalue weighted by atomic mass is 79.9. The molecule has 2 rings (SSSR count). The second-order valence-corrected chi connectivity index (χ2v) is 5.14. The van der Waals surface area contributed by atoms with E-state index in [1.165, 1.54) is 12.0 Å². The van der Waals surface area contributed by atoms with Gasteiger partial charge in [0, 0.05) is 17.7 Å². The van der Waals surface area contributed by atoms with Gasteiger partial charge < -0.3 is 4.90 Å². The summed E-state index contributed by atoms with van der Waals surface area (Å²) in [6.07, 6.45) is 4.10. The molecule has 0 saturated heterocycles. The van der Waals surface area contributed by atoms with Gasteiger partial charge in [-0.3, -0.25) is 0 Å². The van der Waals surface area contributed by atoms with Crippen molar-refractivity contribution in [3.63, 3.8) is 0 Å². The maximum atomic E-state index is 4.36. The average molecular weight is 305 g/mol. The highest BCUT2D eigenvalue weighted by Crippen LogP contribution is 2.30. The van der Waals surface area contributed by atoms with Gasteiger partial charge in [0.2, 0.25) is 0 Å². The van der Waals surface area contributed by atoms with Crippen LogP contribution in [-0.4, -0.2) is 12.0 Å². The minimum Gasteiger partial charge on any atom is -0.328 e. The van der Waals surface area contributed by atoms with Crippen LogP contribution in [0.1, 0.15) is 18.9 Å². The molecule has 2 aromatic rings. The Labute approximate surface area is 117 Å². The number of halogens is 1. The van der Waals surface area contributed by atoms with E-state index in [0.29, 0.717) is 0 Å². The third-order valence-corrected chi connectivity index (χ3v) is 3.54. The Morgan fingerprint density at radius 3 is 2.67 bits per heavy atom. The van der Waals surface area contributed by atoms with Crippen molar-refractivity contribution in [3.05, 3.63) is 52.6 Å². The first-order valence-electron chi connectivity index (χ1n) is 6.15. The second kappa shape index (κ2) is 6.01. The molecule has 2 nitrogen and oxygen atoms in total. The van der Waals surface area contributed by atoms with E-state index in [1.54, 1.807) is 0 Å². The molecule has 0 aliphatic heterocycles. The number of aryl methyl sites for hydroxylation is 1. The van der Waals surface area contributed by atoms with Crippen LogP contribution in [0, 0.1) is 0 Å². The van der Waals surface area contributed by atoms with Gasteiger partial charge in [0.1, 0.15) is 5.82 Å². The minimum absolute atomic E-state index is 0.946. The molecular formula is C15H17BrN2. The molecule has 1 aromatic carbocycles. The predicted octanol–water partition coefficient (Wildman–Crippen LogP) is 4.56. The molecule has 0 spiro atoms. The number of aromatic nitrogens is 1. The first-order valence-corrected chi connectivity index (χ1v) is 6.95. The van der Waals surface area contributed by atoms with E-state index in [-0.39, 0.29) is 0 Å². The maximum Gasteiger partial charge on any atom is 0.132 e. The third kappa shape index (κ3) is 2.91. The van der Waals surface area contributed by atoms with Gasteiger partial charge >= 0.3 is 0 Å². The van der Waals surface area contributed by atoms with Crippen molar-refractivity contribution >= 4 is 27.4 Å². The molecule has 3 heteroatoms. The minimum atomic E-state index is 0.946. The molecule has 0 saturated carbocycles. The summed E-state index contributed by atoms with van der Waals surface area (Å²) in [5.74, 6) is 0.946. The molecule has 0 aliphatic carbocycles. The Morgan fingerprint density at radius 1 is 1.22 bits per heavy atom. The first kappa shape index (κ1) is 13.1. The SMILES string of the molecule is CCCc1ccc(N(C)c2ccccn2)c(Br)c1. The lowest BCUT2D eigenvalue weighted by Crippen LogP contribution is -2.11. The van der Waals surface area contributed by atoms with E-state index in [2.05, 4.69) is 50.9 Å². The summed E-state index contributed by atoms with van der Waals surface area (Å²) >= 11 is 3.65. The van der Waals surface area contributed by atoms with Gasteiger partial charge in [0.25, 0.3) is 0 Å². The van der Waals surface area contributed by atoms with Crippen molar-refractivity contribution in [1.82, 2.24) is 4.98 Å².